The van der Waals surface area contributed by atoms with Crippen molar-refractivity contribution in [1.29, 1.82) is 0 Å². The van der Waals surface area contributed by atoms with E-state index in [1.165, 1.54) is 16.3 Å². The molecule has 0 N–H and O–H groups in total. The zero-order valence-corrected chi connectivity index (χ0v) is 8.09. The summed E-state index contributed by atoms with van der Waals surface area (Å²) in [6.45, 7) is 0. The highest BCUT2D eigenvalue weighted by atomic mass is 35.5. The predicted molar refractivity (Wildman–Crippen MR) is 58.4 cm³/mol. The lowest BCUT2D eigenvalue weighted by Gasteiger charge is -2.00. The van der Waals surface area contributed by atoms with Crippen molar-refractivity contribution >= 4 is 22.4 Å². The maximum Gasteiger partial charge on any atom is 0.0263 e. The number of hydrogen-bond acceptors (Lipinski definition) is 0. The number of alkyl halides is 1. The molecule has 0 aliphatic rings. The fourth-order valence-electron chi connectivity index (χ4n) is 1.50. The molecule has 1 heteroatoms. The van der Waals surface area contributed by atoms with Crippen molar-refractivity contribution in [2.45, 2.75) is 6.42 Å². The molecule has 13 heavy (non-hydrogen) atoms. The number of benzene rings is 2. The maximum atomic E-state index is 5.69. The molecule has 0 saturated heterocycles. The average molecular weight is 191 g/mol. The van der Waals surface area contributed by atoms with Gasteiger partial charge in [-0.2, -0.15) is 0 Å². The van der Waals surface area contributed by atoms with Crippen LogP contribution in [0.25, 0.3) is 10.8 Å². The van der Waals surface area contributed by atoms with Gasteiger partial charge in [-0.3, -0.25) is 0 Å². The van der Waals surface area contributed by atoms with Crippen LogP contribution in [0.4, 0.5) is 0 Å². The van der Waals surface area contributed by atoms with E-state index < -0.39 is 0 Å². The van der Waals surface area contributed by atoms with Gasteiger partial charge in [-0.15, -0.1) is 11.6 Å². The van der Waals surface area contributed by atoms with E-state index in [-0.39, 0.29) is 0 Å². The highest BCUT2D eigenvalue weighted by Crippen LogP contribution is 2.15. The van der Waals surface area contributed by atoms with Gasteiger partial charge >= 0.3 is 0 Å². The van der Waals surface area contributed by atoms with Gasteiger partial charge in [-0.05, 0) is 22.8 Å². The Morgan fingerprint density at radius 2 is 1.69 bits per heavy atom. The minimum atomic E-state index is 0.693. The third-order valence-corrected chi connectivity index (χ3v) is 2.39. The number of aryl methyl sites for hydroxylation is 1. The lowest BCUT2D eigenvalue weighted by atomic mass is 10.1. The Balaban J connectivity index is 2.49. The minimum Gasteiger partial charge on any atom is -0.126 e. The van der Waals surface area contributed by atoms with E-state index in [4.69, 9.17) is 11.6 Å². The van der Waals surface area contributed by atoms with Crippen molar-refractivity contribution in [3.05, 3.63) is 48.0 Å². The molecule has 2 aromatic carbocycles. The first-order valence-electron chi connectivity index (χ1n) is 4.44. The second-order valence-electron chi connectivity index (χ2n) is 3.12. The normalized spacial score (nSPS) is 10.5. The highest BCUT2D eigenvalue weighted by Gasteiger charge is 1.94. The summed E-state index contributed by atoms with van der Waals surface area (Å²) >= 11 is 5.69. The molecule has 0 spiro atoms. The van der Waals surface area contributed by atoms with Gasteiger partial charge in [0, 0.05) is 5.88 Å². The van der Waals surface area contributed by atoms with E-state index in [0.717, 1.165) is 6.42 Å². The third kappa shape index (κ3) is 1.84. The molecule has 0 atom stereocenters. The summed E-state index contributed by atoms with van der Waals surface area (Å²) in [6, 6.07) is 14.9. The maximum absolute atomic E-state index is 5.69. The number of rotatable bonds is 2. The van der Waals surface area contributed by atoms with Crippen LogP contribution >= 0.6 is 11.6 Å². The monoisotopic (exact) mass is 190 g/mol. The van der Waals surface area contributed by atoms with Crippen LogP contribution in [0.5, 0.6) is 0 Å². The first kappa shape index (κ1) is 8.58. The molecular formula is C12H11Cl. The zero-order valence-electron chi connectivity index (χ0n) is 7.33. The molecule has 0 amide bonds. The van der Waals surface area contributed by atoms with E-state index in [2.05, 4.69) is 42.5 Å². The average Bonchev–Trinajstić information content (AvgIpc) is 2.18. The van der Waals surface area contributed by atoms with Gasteiger partial charge in [-0.1, -0.05) is 42.5 Å². The molecule has 0 fully saturated rings. The number of fused-ring (bicyclic) bond motifs is 1. The summed E-state index contributed by atoms with van der Waals surface area (Å²) in [5.41, 5.74) is 1.31. The van der Waals surface area contributed by atoms with Crippen LogP contribution in [0.3, 0.4) is 0 Å². The minimum absolute atomic E-state index is 0.693. The van der Waals surface area contributed by atoms with E-state index in [1.807, 2.05) is 0 Å². The topological polar surface area (TPSA) is 0 Å². The largest absolute Gasteiger partial charge is 0.126 e. The van der Waals surface area contributed by atoms with E-state index >= 15 is 0 Å². The fraction of sp³-hybridized carbons (Fsp3) is 0.167. The van der Waals surface area contributed by atoms with Crippen LogP contribution in [0, 0.1) is 0 Å². The second-order valence-corrected chi connectivity index (χ2v) is 3.50. The Morgan fingerprint density at radius 3 is 2.46 bits per heavy atom. The Kier molecular flexibility index (Phi) is 2.51. The Morgan fingerprint density at radius 1 is 0.923 bits per heavy atom. The first-order valence-corrected chi connectivity index (χ1v) is 4.97. The molecule has 0 unspecified atom stereocenters. The lowest BCUT2D eigenvalue weighted by Crippen LogP contribution is -1.85. The van der Waals surface area contributed by atoms with Crippen LogP contribution in [0.2, 0.25) is 0 Å². The smallest absolute Gasteiger partial charge is 0.0263 e. The Hall–Kier alpha value is -1.01. The van der Waals surface area contributed by atoms with Crippen LogP contribution < -0.4 is 0 Å². The van der Waals surface area contributed by atoms with Crippen LogP contribution in [-0.4, -0.2) is 5.88 Å². The summed E-state index contributed by atoms with van der Waals surface area (Å²) in [5, 5.41) is 2.59. The molecule has 66 valence electrons. The Labute approximate surface area is 83.1 Å². The molecular weight excluding hydrogens is 180 g/mol. The molecule has 0 aliphatic carbocycles. The second kappa shape index (κ2) is 3.80. The highest BCUT2D eigenvalue weighted by molar-refractivity contribution is 6.18. The third-order valence-electron chi connectivity index (χ3n) is 2.20. The van der Waals surface area contributed by atoms with Gasteiger partial charge in [0.15, 0.2) is 0 Å². The first-order chi connectivity index (χ1) is 6.40. The van der Waals surface area contributed by atoms with Gasteiger partial charge in [0.05, 0.1) is 0 Å². The molecule has 2 aromatic rings. The molecule has 0 radical (unpaired) electrons. The van der Waals surface area contributed by atoms with Gasteiger partial charge in [0.25, 0.3) is 0 Å². The van der Waals surface area contributed by atoms with Gasteiger partial charge in [0.2, 0.25) is 0 Å². The van der Waals surface area contributed by atoms with Crippen LogP contribution in [-0.2, 0) is 6.42 Å². The van der Waals surface area contributed by atoms with Gasteiger partial charge in [0.1, 0.15) is 0 Å². The summed E-state index contributed by atoms with van der Waals surface area (Å²) in [4.78, 5) is 0. The summed E-state index contributed by atoms with van der Waals surface area (Å²) in [6.07, 6.45) is 0.951. The SMILES string of the molecule is ClCCc1ccc2ccccc2c1. The van der Waals surface area contributed by atoms with Crippen molar-refractivity contribution in [3.63, 3.8) is 0 Å². The molecule has 0 heterocycles. The van der Waals surface area contributed by atoms with E-state index in [9.17, 15) is 0 Å². The quantitative estimate of drug-likeness (QED) is 0.635. The molecule has 2 rings (SSSR count). The molecule has 0 aliphatic heterocycles. The van der Waals surface area contributed by atoms with E-state index in [1.54, 1.807) is 0 Å². The summed E-state index contributed by atoms with van der Waals surface area (Å²) in [7, 11) is 0. The number of hydrogen-bond donors (Lipinski definition) is 0. The van der Waals surface area contributed by atoms with Gasteiger partial charge in [-0.25, -0.2) is 0 Å². The van der Waals surface area contributed by atoms with Crippen molar-refractivity contribution < 1.29 is 0 Å². The molecule has 0 aromatic heterocycles. The Bertz CT molecular complexity index is 407. The molecule has 0 bridgehead atoms. The van der Waals surface area contributed by atoms with Crippen LogP contribution in [0.15, 0.2) is 42.5 Å². The molecule has 0 nitrogen and oxygen atoms in total. The predicted octanol–water partition coefficient (Wildman–Crippen LogP) is 3.62. The van der Waals surface area contributed by atoms with Crippen molar-refractivity contribution in [1.82, 2.24) is 0 Å². The molecule has 0 saturated carbocycles. The van der Waals surface area contributed by atoms with Crippen molar-refractivity contribution in [3.8, 4) is 0 Å². The summed E-state index contributed by atoms with van der Waals surface area (Å²) < 4.78 is 0. The van der Waals surface area contributed by atoms with E-state index in [0.29, 0.717) is 5.88 Å². The standard InChI is InChI=1S/C12H11Cl/c13-8-7-10-5-6-11-3-1-2-4-12(11)9-10/h1-6,9H,7-8H2. The zero-order chi connectivity index (χ0) is 9.10. The number of halogens is 1. The lowest BCUT2D eigenvalue weighted by molar-refractivity contribution is 1.16. The van der Waals surface area contributed by atoms with Crippen molar-refractivity contribution in [2.24, 2.45) is 0 Å². The van der Waals surface area contributed by atoms with Crippen molar-refractivity contribution in [2.75, 3.05) is 5.88 Å². The van der Waals surface area contributed by atoms with Gasteiger partial charge < -0.3 is 0 Å². The fourth-order valence-corrected chi connectivity index (χ4v) is 1.72. The summed E-state index contributed by atoms with van der Waals surface area (Å²) in [5.74, 6) is 0.693. The van der Waals surface area contributed by atoms with Crippen LogP contribution in [0.1, 0.15) is 5.56 Å².